The molecule has 2 N–H and O–H groups in total. The van der Waals surface area contributed by atoms with Crippen LogP contribution < -0.4 is 5.32 Å². The number of amides is 1. The van der Waals surface area contributed by atoms with Gasteiger partial charge < -0.3 is 10.4 Å². The van der Waals surface area contributed by atoms with E-state index in [2.05, 4.69) is 5.32 Å². The second kappa shape index (κ2) is 6.28. The van der Waals surface area contributed by atoms with Gasteiger partial charge in [0.05, 0.1) is 11.7 Å². The summed E-state index contributed by atoms with van der Waals surface area (Å²) in [5.74, 6) is -0.329. The molecule has 0 radical (unpaired) electrons. The van der Waals surface area contributed by atoms with Crippen molar-refractivity contribution in [2.75, 3.05) is 6.54 Å². The van der Waals surface area contributed by atoms with Gasteiger partial charge in [-0.3, -0.25) is 4.79 Å². The molecule has 0 saturated heterocycles. The highest BCUT2D eigenvalue weighted by Crippen LogP contribution is 2.47. The number of hydrogen-bond donors (Lipinski definition) is 2. The average Bonchev–Trinajstić information content (AvgIpc) is 3.24. The van der Waals surface area contributed by atoms with Crippen LogP contribution in [-0.2, 0) is 11.0 Å². The van der Waals surface area contributed by atoms with Crippen LogP contribution in [0.1, 0.15) is 37.3 Å². The lowest BCUT2D eigenvalue weighted by atomic mass is 10.1. The fourth-order valence-corrected chi connectivity index (χ4v) is 2.34. The molecule has 1 saturated carbocycles. The lowest BCUT2D eigenvalue weighted by Gasteiger charge is -2.15. The fourth-order valence-electron chi connectivity index (χ4n) is 2.34. The zero-order chi connectivity index (χ0) is 16.5. The van der Waals surface area contributed by atoms with Gasteiger partial charge in [-0.2, -0.15) is 13.2 Å². The maximum atomic E-state index is 12.5. The number of rotatable bonds is 5. The van der Waals surface area contributed by atoms with E-state index in [0.29, 0.717) is 6.42 Å². The van der Waals surface area contributed by atoms with Crippen LogP contribution in [0, 0.1) is 11.8 Å². The van der Waals surface area contributed by atoms with Crippen LogP contribution in [0.5, 0.6) is 0 Å². The van der Waals surface area contributed by atoms with Crippen molar-refractivity contribution in [3.63, 3.8) is 0 Å². The van der Waals surface area contributed by atoms with Gasteiger partial charge in [0.15, 0.2) is 0 Å². The molecule has 1 aliphatic rings. The third-order valence-electron chi connectivity index (χ3n) is 4.05. The Morgan fingerprint density at radius 2 is 1.91 bits per heavy atom. The Morgan fingerprint density at radius 1 is 1.32 bits per heavy atom. The average molecular weight is 315 g/mol. The zero-order valence-corrected chi connectivity index (χ0v) is 12.5. The lowest BCUT2D eigenvalue weighted by molar-refractivity contribution is -0.137. The number of carbonyl (C=O) groups excluding carboxylic acids is 1. The quantitative estimate of drug-likeness (QED) is 0.878. The van der Waals surface area contributed by atoms with Gasteiger partial charge in [-0.15, -0.1) is 0 Å². The topological polar surface area (TPSA) is 49.3 Å². The van der Waals surface area contributed by atoms with Crippen molar-refractivity contribution < 1.29 is 23.1 Å². The monoisotopic (exact) mass is 315 g/mol. The molecule has 1 amide bonds. The Labute approximate surface area is 127 Å². The number of nitrogens with one attached hydrogen (secondary N) is 1. The van der Waals surface area contributed by atoms with E-state index < -0.39 is 17.8 Å². The Bertz CT molecular complexity index is 525. The Hall–Kier alpha value is -1.56. The summed E-state index contributed by atoms with van der Waals surface area (Å²) in [5.41, 5.74) is 0.0653. The van der Waals surface area contributed by atoms with Crippen molar-refractivity contribution >= 4 is 5.91 Å². The predicted octanol–water partition coefficient (Wildman–Crippen LogP) is 2.94. The molecule has 3 atom stereocenters. The molecule has 3 unspecified atom stereocenters. The predicted molar refractivity (Wildman–Crippen MR) is 76.1 cm³/mol. The number of alkyl halides is 3. The molecule has 0 spiro atoms. The highest BCUT2D eigenvalue weighted by Gasteiger charge is 2.44. The van der Waals surface area contributed by atoms with E-state index in [4.69, 9.17) is 0 Å². The maximum absolute atomic E-state index is 12.5. The van der Waals surface area contributed by atoms with Gasteiger partial charge in [0.25, 0.3) is 0 Å². The normalized spacial score (nSPS) is 22.5. The first kappa shape index (κ1) is 16.8. The Kier molecular flexibility index (Phi) is 4.80. The highest BCUT2D eigenvalue weighted by molar-refractivity contribution is 5.82. The van der Waals surface area contributed by atoms with Crippen LogP contribution in [-0.4, -0.2) is 23.7 Å². The van der Waals surface area contributed by atoms with Crippen LogP contribution in [0.3, 0.4) is 0 Å². The van der Waals surface area contributed by atoms with Gasteiger partial charge in [0.2, 0.25) is 5.91 Å². The molecule has 3 nitrogen and oxygen atoms in total. The smallest absolute Gasteiger partial charge is 0.391 e. The van der Waals surface area contributed by atoms with Gasteiger partial charge >= 0.3 is 6.18 Å². The number of aliphatic hydroxyl groups is 1. The standard InChI is InChI=1S/C16H20F3NO2/c1-9(2)14(21)8-20-15(22)13-7-12(13)10-3-5-11(6-4-10)16(17,18)19/h3-6,9,12-14,21H,7-8H2,1-2H3,(H,20,22). The molecular formula is C16H20F3NO2. The van der Waals surface area contributed by atoms with Gasteiger partial charge in [-0.1, -0.05) is 26.0 Å². The van der Waals surface area contributed by atoms with E-state index in [1.54, 1.807) is 0 Å². The number of aliphatic hydroxyl groups excluding tert-OH is 1. The molecule has 1 aromatic carbocycles. The molecule has 6 heteroatoms. The first-order valence-corrected chi connectivity index (χ1v) is 7.33. The highest BCUT2D eigenvalue weighted by atomic mass is 19.4. The summed E-state index contributed by atoms with van der Waals surface area (Å²) >= 11 is 0. The van der Waals surface area contributed by atoms with E-state index >= 15 is 0 Å². The number of carbonyl (C=O) groups is 1. The van der Waals surface area contributed by atoms with Crippen LogP contribution in [0.4, 0.5) is 13.2 Å². The van der Waals surface area contributed by atoms with E-state index in [1.165, 1.54) is 12.1 Å². The van der Waals surface area contributed by atoms with Crippen molar-refractivity contribution in [2.45, 2.75) is 38.5 Å². The zero-order valence-electron chi connectivity index (χ0n) is 12.5. The van der Waals surface area contributed by atoms with Gasteiger partial charge in [-0.05, 0) is 36.0 Å². The summed E-state index contributed by atoms with van der Waals surface area (Å²) in [6, 6.07) is 4.96. The minimum absolute atomic E-state index is 0.0292. The third kappa shape index (κ3) is 4.00. The molecule has 1 fully saturated rings. The van der Waals surface area contributed by atoms with Crippen LogP contribution in [0.25, 0.3) is 0 Å². The summed E-state index contributed by atoms with van der Waals surface area (Å²) in [6.45, 7) is 3.92. The number of hydrogen-bond acceptors (Lipinski definition) is 2. The summed E-state index contributed by atoms with van der Waals surface area (Å²) in [5, 5.41) is 12.3. The van der Waals surface area contributed by atoms with Crippen molar-refractivity contribution in [1.82, 2.24) is 5.32 Å². The SMILES string of the molecule is CC(C)C(O)CNC(=O)C1CC1c1ccc(C(F)(F)F)cc1. The second-order valence-electron chi connectivity index (χ2n) is 6.12. The minimum atomic E-state index is -4.34. The summed E-state index contributed by atoms with van der Waals surface area (Å²) < 4.78 is 37.5. The molecule has 0 aliphatic heterocycles. The van der Waals surface area contributed by atoms with Crippen LogP contribution in [0.15, 0.2) is 24.3 Å². The van der Waals surface area contributed by atoms with E-state index in [9.17, 15) is 23.1 Å². The van der Waals surface area contributed by atoms with E-state index in [1.807, 2.05) is 13.8 Å². The molecule has 122 valence electrons. The fraction of sp³-hybridized carbons (Fsp3) is 0.562. The van der Waals surface area contributed by atoms with Gasteiger partial charge in [-0.25, -0.2) is 0 Å². The molecule has 1 aliphatic carbocycles. The molecule has 0 bridgehead atoms. The molecule has 1 aromatic rings. The van der Waals surface area contributed by atoms with E-state index in [-0.39, 0.29) is 30.2 Å². The largest absolute Gasteiger partial charge is 0.416 e. The van der Waals surface area contributed by atoms with Crippen molar-refractivity contribution in [1.29, 1.82) is 0 Å². The van der Waals surface area contributed by atoms with Crippen molar-refractivity contribution in [3.8, 4) is 0 Å². The van der Waals surface area contributed by atoms with Gasteiger partial charge in [0, 0.05) is 12.5 Å². The summed E-state index contributed by atoms with van der Waals surface area (Å²) in [4.78, 5) is 11.9. The van der Waals surface area contributed by atoms with Crippen LogP contribution in [0.2, 0.25) is 0 Å². The third-order valence-corrected chi connectivity index (χ3v) is 4.05. The molecule has 0 heterocycles. The number of benzene rings is 1. The first-order valence-electron chi connectivity index (χ1n) is 7.33. The lowest BCUT2D eigenvalue weighted by Crippen LogP contribution is -2.35. The number of halogens is 3. The molecule has 2 rings (SSSR count). The first-order chi connectivity index (χ1) is 10.2. The van der Waals surface area contributed by atoms with Gasteiger partial charge in [0.1, 0.15) is 0 Å². The Balaban J connectivity index is 1.88. The van der Waals surface area contributed by atoms with Crippen LogP contribution >= 0.6 is 0 Å². The summed E-state index contributed by atoms with van der Waals surface area (Å²) in [6.07, 6.45) is -4.30. The molecule has 0 aromatic heterocycles. The van der Waals surface area contributed by atoms with Crippen molar-refractivity contribution in [3.05, 3.63) is 35.4 Å². The Morgan fingerprint density at radius 3 is 2.41 bits per heavy atom. The second-order valence-corrected chi connectivity index (χ2v) is 6.12. The minimum Gasteiger partial charge on any atom is -0.391 e. The molecule has 22 heavy (non-hydrogen) atoms. The summed E-state index contributed by atoms with van der Waals surface area (Å²) in [7, 11) is 0. The maximum Gasteiger partial charge on any atom is 0.416 e. The van der Waals surface area contributed by atoms with E-state index in [0.717, 1.165) is 17.7 Å². The molecular weight excluding hydrogens is 295 g/mol. The van der Waals surface area contributed by atoms with Crippen molar-refractivity contribution in [2.24, 2.45) is 11.8 Å².